The number of fused-ring (bicyclic) bond motifs is 1. The molecule has 2 fully saturated rings. The third kappa shape index (κ3) is 4.38. The Labute approximate surface area is 163 Å². The van der Waals surface area contributed by atoms with Crippen LogP contribution in [0.1, 0.15) is 79.6 Å². The third-order valence-corrected chi connectivity index (χ3v) is 7.59. The van der Waals surface area contributed by atoms with E-state index in [0.717, 1.165) is 32.1 Å². The fourth-order valence-corrected chi connectivity index (χ4v) is 5.61. The number of methoxy groups -OCH3 is 1. The fraction of sp³-hybridized carbons (Fsp3) is 0.864. The van der Waals surface area contributed by atoms with Crippen molar-refractivity contribution < 1.29 is 23.9 Å². The third-order valence-electron chi connectivity index (χ3n) is 7.59. The molecule has 0 bridgehead atoms. The van der Waals surface area contributed by atoms with E-state index < -0.39 is 11.5 Å². The molecule has 0 spiro atoms. The van der Waals surface area contributed by atoms with E-state index in [-0.39, 0.29) is 29.1 Å². The second kappa shape index (κ2) is 8.32. The minimum atomic E-state index is -0.584. The Morgan fingerprint density at radius 3 is 2.48 bits per heavy atom. The molecule has 5 heteroatoms. The number of ketones is 1. The van der Waals surface area contributed by atoms with Crippen molar-refractivity contribution in [3.63, 3.8) is 0 Å². The Bertz CT molecular complexity index is 585. The van der Waals surface area contributed by atoms with Gasteiger partial charge in [0.05, 0.1) is 7.11 Å². The molecule has 154 valence electrons. The van der Waals surface area contributed by atoms with Crippen molar-refractivity contribution in [2.75, 3.05) is 7.11 Å². The quantitative estimate of drug-likeness (QED) is 0.642. The molecule has 0 amide bonds. The first-order valence-corrected chi connectivity index (χ1v) is 10.3. The van der Waals surface area contributed by atoms with Gasteiger partial charge in [-0.3, -0.25) is 14.4 Å². The van der Waals surface area contributed by atoms with Gasteiger partial charge in [-0.2, -0.15) is 0 Å². The number of Topliss-reactive ketones (excluding diaryl/α,β-unsaturated/α-hetero) is 1. The van der Waals surface area contributed by atoms with Crippen LogP contribution in [0.3, 0.4) is 0 Å². The van der Waals surface area contributed by atoms with Crippen LogP contribution in [0.5, 0.6) is 0 Å². The maximum Gasteiger partial charge on any atom is 0.305 e. The van der Waals surface area contributed by atoms with Gasteiger partial charge in [-0.25, -0.2) is 0 Å². The van der Waals surface area contributed by atoms with E-state index in [1.807, 2.05) is 0 Å². The summed E-state index contributed by atoms with van der Waals surface area (Å²) in [6.07, 6.45) is 5.21. The molecule has 2 aliphatic carbocycles. The lowest BCUT2D eigenvalue weighted by Crippen LogP contribution is -2.57. The van der Waals surface area contributed by atoms with E-state index in [1.54, 1.807) is 0 Å². The van der Waals surface area contributed by atoms with Crippen molar-refractivity contribution in [2.45, 2.75) is 85.7 Å². The maximum atomic E-state index is 13.2. The molecule has 2 saturated carbocycles. The van der Waals surface area contributed by atoms with Crippen LogP contribution >= 0.6 is 0 Å². The summed E-state index contributed by atoms with van der Waals surface area (Å²) < 4.78 is 10.1. The van der Waals surface area contributed by atoms with Gasteiger partial charge in [-0.15, -0.1) is 0 Å². The van der Waals surface area contributed by atoms with Gasteiger partial charge in [0.25, 0.3) is 0 Å². The maximum absolute atomic E-state index is 13.2. The van der Waals surface area contributed by atoms with Gasteiger partial charge in [-0.1, -0.05) is 27.7 Å². The molecule has 0 saturated heterocycles. The summed E-state index contributed by atoms with van der Waals surface area (Å²) >= 11 is 0. The lowest BCUT2D eigenvalue weighted by Gasteiger charge is -2.58. The number of esters is 2. The molecule has 0 radical (unpaired) electrons. The Morgan fingerprint density at radius 2 is 1.89 bits per heavy atom. The molecule has 2 aliphatic rings. The highest BCUT2D eigenvalue weighted by Gasteiger charge is 2.58. The number of carbonyl (C=O) groups excluding carboxylic acids is 3. The summed E-state index contributed by atoms with van der Waals surface area (Å²) in [7, 11) is 1.43. The standard InChI is InChI=1S/C22H36O5/c1-14(13-19(24)26-6)9-11-21(4)15(2)10-12-22(5)18(21)8-7-17(20(22)25)27-16(3)23/h14-15,17-18H,7-13H2,1-6H3/t14-,15-,17-,18-,21+,22+/m1/s1. The van der Waals surface area contributed by atoms with Gasteiger partial charge in [0.15, 0.2) is 11.9 Å². The van der Waals surface area contributed by atoms with Gasteiger partial charge >= 0.3 is 11.9 Å². The van der Waals surface area contributed by atoms with Crippen molar-refractivity contribution >= 4 is 17.7 Å². The molecular formula is C22H36O5. The molecule has 0 heterocycles. The Hall–Kier alpha value is -1.39. The summed E-state index contributed by atoms with van der Waals surface area (Å²) in [5.41, 5.74) is -0.376. The first-order valence-electron chi connectivity index (χ1n) is 10.3. The highest BCUT2D eigenvalue weighted by atomic mass is 16.5. The summed E-state index contributed by atoms with van der Waals surface area (Å²) in [6.45, 7) is 10.2. The molecule has 0 aromatic heterocycles. The first-order chi connectivity index (χ1) is 12.5. The molecule has 27 heavy (non-hydrogen) atoms. The van der Waals surface area contributed by atoms with Crippen LogP contribution < -0.4 is 0 Å². The van der Waals surface area contributed by atoms with Gasteiger partial charge in [0.1, 0.15) is 0 Å². The monoisotopic (exact) mass is 380 g/mol. The summed E-state index contributed by atoms with van der Waals surface area (Å²) in [5, 5.41) is 0. The smallest absolute Gasteiger partial charge is 0.305 e. The molecule has 0 aliphatic heterocycles. The lowest BCUT2D eigenvalue weighted by atomic mass is 9.46. The van der Waals surface area contributed by atoms with Crippen molar-refractivity contribution in [1.29, 1.82) is 0 Å². The summed E-state index contributed by atoms with van der Waals surface area (Å²) in [6, 6.07) is 0. The molecule has 5 nitrogen and oxygen atoms in total. The molecular weight excluding hydrogens is 344 g/mol. The Morgan fingerprint density at radius 1 is 1.22 bits per heavy atom. The molecule has 2 rings (SSSR count). The van der Waals surface area contributed by atoms with E-state index in [1.165, 1.54) is 14.0 Å². The van der Waals surface area contributed by atoms with Gasteiger partial charge in [0.2, 0.25) is 0 Å². The Balaban J connectivity index is 2.15. The minimum Gasteiger partial charge on any atom is -0.469 e. The van der Waals surface area contributed by atoms with Crippen LogP contribution in [0.25, 0.3) is 0 Å². The van der Waals surface area contributed by atoms with Crippen molar-refractivity contribution in [2.24, 2.45) is 28.6 Å². The molecule has 0 aromatic carbocycles. The van der Waals surface area contributed by atoms with Crippen molar-refractivity contribution in [3.05, 3.63) is 0 Å². The number of ether oxygens (including phenoxy) is 2. The number of hydrogen-bond donors (Lipinski definition) is 0. The normalized spacial score (nSPS) is 37.3. The minimum absolute atomic E-state index is 0.0498. The highest BCUT2D eigenvalue weighted by molar-refractivity contribution is 5.91. The number of carbonyl (C=O) groups is 3. The average molecular weight is 381 g/mol. The predicted octanol–water partition coefficient (Wildman–Crippen LogP) is 4.32. The zero-order chi connectivity index (χ0) is 20.4. The fourth-order valence-electron chi connectivity index (χ4n) is 5.61. The van der Waals surface area contributed by atoms with Crippen LogP contribution in [0.2, 0.25) is 0 Å². The van der Waals surface area contributed by atoms with Gasteiger partial charge in [0, 0.05) is 18.8 Å². The summed E-state index contributed by atoms with van der Waals surface area (Å²) in [5.74, 6) is 0.653. The Kier molecular flexibility index (Phi) is 6.75. The van der Waals surface area contributed by atoms with Crippen LogP contribution in [-0.4, -0.2) is 30.9 Å². The van der Waals surface area contributed by atoms with Crippen LogP contribution in [0, 0.1) is 28.6 Å². The zero-order valence-corrected chi connectivity index (χ0v) is 17.8. The summed E-state index contributed by atoms with van der Waals surface area (Å²) in [4.78, 5) is 36.1. The van der Waals surface area contributed by atoms with E-state index in [9.17, 15) is 14.4 Å². The van der Waals surface area contributed by atoms with E-state index in [4.69, 9.17) is 9.47 Å². The number of rotatable bonds is 6. The molecule has 0 unspecified atom stereocenters. The van der Waals surface area contributed by atoms with Gasteiger partial charge < -0.3 is 9.47 Å². The second-order valence-electron chi connectivity index (χ2n) is 9.38. The topological polar surface area (TPSA) is 69.7 Å². The highest BCUT2D eigenvalue weighted by Crippen LogP contribution is 2.60. The molecule has 0 N–H and O–H groups in total. The first kappa shape index (κ1) is 21.9. The van der Waals surface area contributed by atoms with Crippen LogP contribution in [0.4, 0.5) is 0 Å². The molecule has 0 aromatic rings. The van der Waals surface area contributed by atoms with Crippen LogP contribution in [-0.2, 0) is 23.9 Å². The van der Waals surface area contributed by atoms with Crippen molar-refractivity contribution in [1.82, 2.24) is 0 Å². The average Bonchev–Trinajstić information content (AvgIpc) is 2.60. The van der Waals surface area contributed by atoms with Crippen molar-refractivity contribution in [3.8, 4) is 0 Å². The predicted molar refractivity (Wildman–Crippen MR) is 103 cm³/mol. The number of hydrogen-bond acceptors (Lipinski definition) is 5. The lowest BCUT2D eigenvalue weighted by molar-refractivity contribution is -0.173. The van der Waals surface area contributed by atoms with E-state index >= 15 is 0 Å². The molecule has 6 atom stereocenters. The largest absolute Gasteiger partial charge is 0.469 e. The second-order valence-corrected chi connectivity index (χ2v) is 9.38. The van der Waals surface area contributed by atoms with E-state index in [0.29, 0.717) is 24.7 Å². The van der Waals surface area contributed by atoms with Gasteiger partial charge in [-0.05, 0) is 61.7 Å². The zero-order valence-electron chi connectivity index (χ0n) is 17.8. The SMILES string of the molecule is COC(=O)C[C@H](C)CC[C@@]1(C)[C@H](C)CC[C@]2(C)C(=O)[C@H](OC(C)=O)CC[C@H]12. The van der Waals surface area contributed by atoms with E-state index in [2.05, 4.69) is 27.7 Å². The van der Waals surface area contributed by atoms with Crippen LogP contribution in [0.15, 0.2) is 0 Å².